The number of ether oxygens (including phenoxy) is 1. The van der Waals surface area contributed by atoms with Gasteiger partial charge in [-0.2, -0.15) is 4.31 Å². The van der Waals surface area contributed by atoms with Crippen molar-refractivity contribution < 1.29 is 28.0 Å². The highest BCUT2D eigenvalue weighted by Gasteiger charge is 2.40. The number of benzene rings is 3. The predicted octanol–water partition coefficient (Wildman–Crippen LogP) is 4.23. The number of fused-ring (bicyclic) bond motifs is 1. The first kappa shape index (κ1) is 35.3. The molecule has 0 radical (unpaired) electrons. The monoisotopic (exact) mass is 686 g/mol. The number of hydrogen-bond donors (Lipinski definition) is 4. The zero-order valence-corrected chi connectivity index (χ0v) is 28.9. The zero-order valence-electron chi connectivity index (χ0n) is 28.1. The van der Waals surface area contributed by atoms with Gasteiger partial charge in [0.05, 0.1) is 4.90 Å². The minimum atomic E-state index is -4.00. The number of hydrogen-bond acceptors (Lipinski definition) is 8. The molecule has 1 fully saturated rings. The van der Waals surface area contributed by atoms with E-state index >= 15 is 0 Å². The summed E-state index contributed by atoms with van der Waals surface area (Å²) in [5.41, 5.74) is 11.4. The van der Waals surface area contributed by atoms with Crippen molar-refractivity contribution >= 4 is 38.6 Å². The standard InChI is InChI=1S/C36H42N6O6S/c1-22-11-16-32(25(4)29(22)21-48-31-10-5-8-28-23(2)20-24(3)40-33(28)31)49(46,47)42-19-6-9-30(42)36(44)39-18-7-17-38-35(43)27-14-12-26(13-15-27)34(37)41-45/h5,8,10-16,20,30,45H,6-7,9,17-19,21H2,1-4H3,(H2,37,41)(H,38,43)(H,39,44)/t30-/m0/s1. The van der Waals surface area contributed by atoms with Crippen LogP contribution in [0.15, 0.2) is 70.7 Å². The summed E-state index contributed by atoms with van der Waals surface area (Å²) < 4.78 is 35.7. The molecule has 0 saturated carbocycles. The largest absolute Gasteiger partial charge is 0.487 e. The summed E-state index contributed by atoms with van der Waals surface area (Å²) >= 11 is 0. The van der Waals surface area contributed by atoms with Crippen LogP contribution >= 0.6 is 0 Å². The van der Waals surface area contributed by atoms with Crippen LogP contribution in [0.2, 0.25) is 0 Å². The summed E-state index contributed by atoms with van der Waals surface area (Å²) in [5.74, 6) is -0.0993. The van der Waals surface area contributed by atoms with Crippen molar-refractivity contribution in [3.05, 3.63) is 99.7 Å². The first-order valence-electron chi connectivity index (χ1n) is 16.2. The van der Waals surface area contributed by atoms with Crippen LogP contribution in [0, 0.1) is 27.7 Å². The summed E-state index contributed by atoms with van der Waals surface area (Å²) in [6, 6.07) is 16.6. The van der Waals surface area contributed by atoms with Gasteiger partial charge in [-0.3, -0.25) is 9.59 Å². The molecule has 258 valence electrons. The zero-order chi connectivity index (χ0) is 35.3. The Bertz CT molecular complexity index is 2010. The maximum atomic E-state index is 14.0. The van der Waals surface area contributed by atoms with Gasteiger partial charge >= 0.3 is 0 Å². The van der Waals surface area contributed by atoms with Crippen LogP contribution in [0.3, 0.4) is 0 Å². The van der Waals surface area contributed by atoms with Crippen LogP contribution in [0.25, 0.3) is 10.9 Å². The first-order chi connectivity index (χ1) is 23.4. The molecule has 2 amide bonds. The number of amidine groups is 1. The van der Waals surface area contributed by atoms with Gasteiger partial charge in [-0.25, -0.2) is 13.4 Å². The second-order valence-corrected chi connectivity index (χ2v) is 14.1. The molecule has 4 aromatic rings. The van der Waals surface area contributed by atoms with Gasteiger partial charge in [0.1, 0.15) is 23.9 Å². The van der Waals surface area contributed by atoms with Gasteiger partial charge in [-0.1, -0.05) is 35.5 Å². The van der Waals surface area contributed by atoms with Gasteiger partial charge in [0.25, 0.3) is 5.91 Å². The van der Waals surface area contributed by atoms with Crippen molar-refractivity contribution in [2.45, 2.75) is 64.5 Å². The average Bonchev–Trinajstić information content (AvgIpc) is 3.59. The number of carbonyl (C=O) groups is 2. The third kappa shape index (κ3) is 7.68. The molecule has 0 spiro atoms. The van der Waals surface area contributed by atoms with E-state index in [1.807, 2.05) is 45.0 Å². The fourth-order valence-electron chi connectivity index (χ4n) is 6.18. The molecule has 5 N–H and O–H groups in total. The van der Waals surface area contributed by atoms with Crippen molar-refractivity contribution in [3.8, 4) is 5.75 Å². The molecular weight excluding hydrogens is 644 g/mol. The van der Waals surface area contributed by atoms with Crippen LogP contribution in [-0.2, 0) is 21.4 Å². The van der Waals surface area contributed by atoms with E-state index in [0.29, 0.717) is 48.2 Å². The van der Waals surface area contributed by atoms with E-state index in [2.05, 4.69) is 15.8 Å². The number of pyridine rings is 1. The van der Waals surface area contributed by atoms with Gasteiger partial charge in [0.2, 0.25) is 15.9 Å². The normalized spacial score (nSPS) is 15.3. The van der Waals surface area contributed by atoms with Crippen LogP contribution < -0.4 is 21.1 Å². The number of sulfonamides is 1. The molecule has 1 aliphatic rings. The highest BCUT2D eigenvalue weighted by molar-refractivity contribution is 7.89. The number of oxime groups is 1. The van der Waals surface area contributed by atoms with Crippen LogP contribution in [0.1, 0.15) is 63.1 Å². The average molecular weight is 687 g/mol. The molecule has 2 heterocycles. The molecule has 1 aromatic heterocycles. The van der Waals surface area contributed by atoms with E-state index in [9.17, 15) is 18.0 Å². The fraction of sp³-hybridized carbons (Fsp3) is 0.333. The maximum Gasteiger partial charge on any atom is 0.251 e. The lowest BCUT2D eigenvalue weighted by atomic mass is 10.0. The smallest absolute Gasteiger partial charge is 0.251 e. The fourth-order valence-corrected chi connectivity index (χ4v) is 8.09. The van der Waals surface area contributed by atoms with Crippen LogP contribution in [0.5, 0.6) is 5.75 Å². The van der Waals surface area contributed by atoms with Gasteiger partial charge in [0, 0.05) is 41.8 Å². The van der Waals surface area contributed by atoms with Crippen molar-refractivity contribution in [3.63, 3.8) is 0 Å². The molecule has 13 heteroatoms. The van der Waals surface area contributed by atoms with Crippen LogP contribution in [-0.4, -0.2) is 66.2 Å². The van der Waals surface area contributed by atoms with Crippen molar-refractivity contribution in [1.29, 1.82) is 0 Å². The molecule has 0 aliphatic carbocycles. The van der Waals surface area contributed by atoms with E-state index in [1.165, 1.54) is 4.31 Å². The van der Waals surface area contributed by atoms with E-state index in [4.69, 9.17) is 20.7 Å². The highest BCUT2D eigenvalue weighted by Crippen LogP contribution is 2.32. The third-order valence-corrected chi connectivity index (χ3v) is 10.9. The SMILES string of the molecule is Cc1cc(C)c2cccc(OCc3c(C)ccc(S(=O)(=O)N4CCC[C@H]4C(=O)NCCCNC(=O)c4ccc(/C(N)=N\O)cc4)c3C)c2n1. The van der Waals surface area contributed by atoms with E-state index in [-0.39, 0.29) is 42.2 Å². The van der Waals surface area contributed by atoms with Crippen molar-refractivity contribution in [2.24, 2.45) is 10.9 Å². The number of aromatic nitrogens is 1. The summed E-state index contributed by atoms with van der Waals surface area (Å²) in [7, 11) is -4.00. The molecule has 1 atom stereocenters. The minimum absolute atomic E-state index is 0.0551. The van der Waals surface area contributed by atoms with Gasteiger partial charge in [-0.05, 0) is 99.5 Å². The van der Waals surface area contributed by atoms with Crippen molar-refractivity contribution in [2.75, 3.05) is 19.6 Å². The number of aryl methyl sites for hydroxylation is 3. The third-order valence-electron chi connectivity index (χ3n) is 8.87. The minimum Gasteiger partial charge on any atom is -0.487 e. The Labute approximate surface area is 286 Å². The van der Waals surface area contributed by atoms with Crippen molar-refractivity contribution in [1.82, 2.24) is 19.9 Å². The molecule has 1 saturated heterocycles. The summed E-state index contributed by atoms with van der Waals surface area (Å²) in [6.45, 7) is 8.64. The Kier molecular flexibility index (Phi) is 10.8. The quantitative estimate of drug-likeness (QED) is 0.0563. The Balaban J connectivity index is 1.20. The number of nitrogens with zero attached hydrogens (tertiary/aromatic N) is 3. The summed E-state index contributed by atoms with van der Waals surface area (Å²) in [6.07, 6.45) is 1.43. The molecule has 0 unspecified atom stereocenters. The van der Waals surface area contributed by atoms with Crippen LogP contribution in [0.4, 0.5) is 0 Å². The second-order valence-electron chi connectivity index (χ2n) is 12.2. The molecule has 12 nitrogen and oxygen atoms in total. The Hall–Kier alpha value is -5.01. The molecular formula is C36H42N6O6S. The molecule has 1 aliphatic heterocycles. The van der Waals surface area contributed by atoms with Gasteiger partial charge < -0.3 is 26.3 Å². The first-order valence-corrected chi connectivity index (χ1v) is 17.6. The number of para-hydroxylation sites is 1. The number of nitrogens with one attached hydrogen (secondary N) is 2. The lowest BCUT2D eigenvalue weighted by molar-refractivity contribution is -0.124. The Morgan fingerprint density at radius 1 is 1.00 bits per heavy atom. The van der Waals surface area contributed by atoms with Gasteiger partial charge in [0.15, 0.2) is 5.84 Å². The number of nitrogens with two attached hydrogens (primary N) is 1. The number of carbonyl (C=O) groups excluding carboxylic acids is 2. The summed E-state index contributed by atoms with van der Waals surface area (Å²) in [5, 5.41) is 18.3. The molecule has 0 bridgehead atoms. The second kappa shape index (κ2) is 15.0. The van der Waals surface area contributed by atoms with E-state index in [1.54, 1.807) is 43.3 Å². The Morgan fingerprint density at radius 3 is 2.45 bits per heavy atom. The van der Waals surface area contributed by atoms with E-state index < -0.39 is 16.1 Å². The lowest BCUT2D eigenvalue weighted by Gasteiger charge is -2.25. The molecule has 3 aromatic carbocycles. The maximum absolute atomic E-state index is 14.0. The number of amides is 2. The molecule has 5 rings (SSSR count). The van der Waals surface area contributed by atoms with Gasteiger partial charge in [-0.15, -0.1) is 0 Å². The number of rotatable bonds is 12. The topological polar surface area (TPSA) is 176 Å². The lowest BCUT2D eigenvalue weighted by Crippen LogP contribution is -2.46. The summed E-state index contributed by atoms with van der Waals surface area (Å²) in [4.78, 5) is 30.5. The molecule has 49 heavy (non-hydrogen) atoms. The Morgan fingerprint density at radius 2 is 1.71 bits per heavy atom. The predicted molar refractivity (Wildman–Crippen MR) is 187 cm³/mol. The highest BCUT2D eigenvalue weighted by atomic mass is 32.2. The van der Waals surface area contributed by atoms with E-state index in [0.717, 1.165) is 33.3 Å².